The average molecular weight is 307 g/mol. The second-order valence-corrected chi connectivity index (χ2v) is 4.14. The molecular weight excluding hydrogens is 291 g/mol. The molecule has 0 aliphatic heterocycles. The van der Waals surface area contributed by atoms with Crippen molar-refractivity contribution in [2.75, 3.05) is 19.8 Å². The molecule has 1 rings (SSSR count). The molecule has 1 aromatic rings. The number of benzene rings is 1. The molecule has 0 unspecified atom stereocenters. The predicted octanol–water partition coefficient (Wildman–Crippen LogP) is 3.37. The van der Waals surface area contributed by atoms with E-state index in [4.69, 9.17) is 14.2 Å². The molecule has 0 saturated carbocycles. The lowest BCUT2D eigenvalue weighted by atomic mass is 10.3. The fourth-order valence-corrected chi connectivity index (χ4v) is 1.60. The zero-order valence-corrected chi connectivity index (χ0v) is 11.5. The Morgan fingerprint density at radius 2 is 1.88 bits per heavy atom. The highest BCUT2D eigenvalue weighted by Gasteiger charge is 2.11. The van der Waals surface area contributed by atoms with Crippen molar-refractivity contribution in [1.82, 2.24) is 0 Å². The second kappa shape index (κ2) is 7.63. The standard InChI is InChI=1S/C12H16BrFO3/c1-3-15-12(16-4-2)8-17-11-7-9(13)5-6-10(11)14/h5-7,12H,3-4,8H2,1-2H3. The number of rotatable bonds is 7. The van der Waals surface area contributed by atoms with Gasteiger partial charge in [-0.2, -0.15) is 0 Å². The van der Waals surface area contributed by atoms with Gasteiger partial charge in [0.2, 0.25) is 0 Å². The molecule has 0 saturated heterocycles. The third-order valence-corrected chi connectivity index (χ3v) is 2.47. The van der Waals surface area contributed by atoms with Crippen LogP contribution in [0.15, 0.2) is 22.7 Å². The minimum absolute atomic E-state index is 0.162. The SMILES string of the molecule is CCOC(COc1cc(Br)ccc1F)OCC. The van der Waals surface area contributed by atoms with Crippen LogP contribution in [0.1, 0.15) is 13.8 Å². The predicted molar refractivity (Wildman–Crippen MR) is 66.6 cm³/mol. The van der Waals surface area contributed by atoms with Gasteiger partial charge >= 0.3 is 0 Å². The fraction of sp³-hybridized carbons (Fsp3) is 0.500. The van der Waals surface area contributed by atoms with Crippen molar-refractivity contribution < 1.29 is 18.6 Å². The van der Waals surface area contributed by atoms with Gasteiger partial charge in [0, 0.05) is 17.7 Å². The van der Waals surface area contributed by atoms with Crippen LogP contribution in [0, 0.1) is 5.82 Å². The van der Waals surface area contributed by atoms with Crippen LogP contribution < -0.4 is 4.74 Å². The summed E-state index contributed by atoms with van der Waals surface area (Å²) in [7, 11) is 0. The van der Waals surface area contributed by atoms with E-state index in [0.717, 1.165) is 4.47 Å². The van der Waals surface area contributed by atoms with E-state index in [9.17, 15) is 4.39 Å². The van der Waals surface area contributed by atoms with Gasteiger partial charge < -0.3 is 14.2 Å². The van der Waals surface area contributed by atoms with Crippen LogP contribution in [-0.2, 0) is 9.47 Å². The summed E-state index contributed by atoms with van der Waals surface area (Å²) in [5.41, 5.74) is 0. The smallest absolute Gasteiger partial charge is 0.191 e. The second-order valence-electron chi connectivity index (χ2n) is 3.23. The fourth-order valence-electron chi connectivity index (χ4n) is 1.26. The van der Waals surface area contributed by atoms with Crippen molar-refractivity contribution >= 4 is 15.9 Å². The highest BCUT2D eigenvalue weighted by Crippen LogP contribution is 2.22. The van der Waals surface area contributed by atoms with Crippen molar-refractivity contribution in [3.63, 3.8) is 0 Å². The van der Waals surface area contributed by atoms with Gasteiger partial charge in [0.05, 0.1) is 0 Å². The van der Waals surface area contributed by atoms with E-state index in [1.54, 1.807) is 12.1 Å². The molecule has 5 heteroatoms. The summed E-state index contributed by atoms with van der Waals surface area (Å²) in [6, 6.07) is 4.53. The van der Waals surface area contributed by atoms with E-state index >= 15 is 0 Å². The Morgan fingerprint density at radius 3 is 2.47 bits per heavy atom. The van der Waals surface area contributed by atoms with E-state index in [1.165, 1.54) is 6.07 Å². The van der Waals surface area contributed by atoms with Crippen LogP contribution in [0.4, 0.5) is 4.39 Å². The number of halogens is 2. The third-order valence-electron chi connectivity index (χ3n) is 1.97. The Balaban J connectivity index is 2.55. The zero-order valence-electron chi connectivity index (χ0n) is 9.91. The molecule has 0 atom stereocenters. The van der Waals surface area contributed by atoms with Gasteiger partial charge in [-0.15, -0.1) is 0 Å². The summed E-state index contributed by atoms with van der Waals surface area (Å²) in [5.74, 6) is -0.219. The maximum Gasteiger partial charge on any atom is 0.191 e. The van der Waals surface area contributed by atoms with E-state index in [2.05, 4.69) is 15.9 Å². The van der Waals surface area contributed by atoms with Crippen LogP contribution in [0.25, 0.3) is 0 Å². The minimum Gasteiger partial charge on any atom is -0.485 e. The number of hydrogen-bond donors (Lipinski definition) is 0. The van der Waals surface area contributed by atoms with Gasteiger partial charge in [-0.1, -0.05) is 15.9 Å². The van der Waals surface area contributed by atoms with E-state index in [-0.39, 0.29) is 12.4 Å². The number of ether oxygens (including phenoxy) is 3. The quantitative estimate of drug-likeness (QED) is 0.723. The monoisotopic (exact) mass is 306 g/mol. The summed E-state index contributed by atoms with van der Waals surface area (Å²) >= 11 is 3.26. The molecule has 0 N–H and O–H groups in total. The first-order valence-electron chi connectivity index (χ1n) is 5.48. The van der Waals surface area contributed by atoms with Crippen molar-refractivity contribution in [2.45, 2.75) is 20.1 Å². The number of hydrogen-bond acceptors (Lipinski definition) is 3. The normalized spacial score (nSPS) is 10.9. The molecule has 0 amide bonds. The Kier molecular flexibility index (Phi) is 6.47. The molecular formula is C12H16BrFO3. The van der Waals surface area contributed by atoms with Crippen LogP contribution in [0.3, 0.4) is 0 Å². The van der Waals surface area contributed by atoms with Gasteiger partial charge in [-0.3, -0.25) is 0 Å². The van der Waals surface area contributed by atoms with Crippen molar-refractivity contribution in [3.8, 4) is 5.75 Å². The van der Waals surface area contributed by atoms with E-state index in [1.807, 2.05) is 13.8 Å². The molecule has 3 nitrogen and oxygen atoms in total. The molecule has 0 spiro atoms. The van der Waals surface area contributed by atoms with Crippen molar-refractivity contribution in [1.29, 1.82) is 0 Å². The third kappa shape index (κ3) is 5.02. The summed E-state index contributed by atoms with van der Waals surface area (Å²) in [6.45, 7) is 4.94. The summed E-state index contributed by atoms with van der Waals surface area (Å²) < 4.78 is 30.0. The molecule has 0 aromatic heterocycles. The lowest BCUT2D eigenvalue weighted by Crippen LogP contribution is -2.25. The Labute approximate surface area is 109 Å². The van der Waals surface area contributed by atoms with Gasteiger partial charge in [0.25, 0.3) is 0 Å². The first kappa shape index (κ1) is 14.4. The largest absolute Gasteiger partial charge is 0.485 e. The van der Waals surface area contributed by atoms with Gasteiger partial charge in [0.15, 0.2) is 17.9 Å². The Hall–Kier alpha value is -0.650. The van der Waals surface area contributed by atoms with E-state index in [0.29, 0.717) is 13.2 Å². The minimum atomic E-state index is -0.469. The molecule has 96 valence electrons. The lowest BCUT2D eigenvalue weighted by molar-refractivity contribution is -0.152. The molecule has 0 aliphatic rings. The van der Waals surface area contributed by atoms with Gasteiger partial charge in [-0.25, -0.2) is 4.39 Å². The van der Waals surface area contributed by atoms with Crippen molar-refractivity contribution in [2.24, 2.45) is 0 Å². The average Bonchev–Trinajstić information content (AvgIpc) is 2.30. The van der Waals surface area contributed by atoms with Crippen molar-refractivity contribution in [3.05, 3.63) is 28.5 Å². The summed E-state index contributed by atoms with van der Waals surface area (Å²) in [4.78, 5) is 0. The molecule has 0 fully saturated rings. The van der Waals surface area contributed by atoms with Crippen LogP contribution >= 0.6 is 15.9 Å². The van der Waals surface area contributed by atoms with Crippen LogP contribution in [0.2, 0.25) is 0 Å². The van der Waals surface area contributed by atoms with E-state index < -0.39 is 12.1 Å². The van der Waals surface area contributed by atoms with Crippen LogP contribution in [0.5, 0.6) is 5.75 Å². The molecule has 1 aromatic carbocycles. The Morgan fingerprint density at radius 1 is 1.24 bits per heavy atom. The van der Waals surface area contributed by atoms with Crippen LogP contribution in [-0.4, -0.2) is 26.1 Å². The highest BCUT2D eigenvalue weighted by molar-refractivity contribution is 9.10. The maximum atomic E-state index is 13.4. The van der Waals surface area contributed by atoms with Gasteiger partial charge in [-0.05, 0) is 32.0 Å². The summed E-state index contributed by atoms with van der Waals surface area (Å²) in [5, 5.41) is 0. The molecule has 0 aliphatic carbocycles. The molecule has 17 heavy (non-hydrogen) atoms. The topological polar surface area (TPSA) is 27.7 Å². The lowest BCUT2D eigenvalue weighted by Gasteiger charge is -2.17. The first-order valence-corrected chi connectivity index (χ1v) is 6.27. The Bertz CT molecular complexity index is 341. The van der Waals surface area contributed by atoms with Gasteiger partial charge in [0.1, 0.15) is 6.61 Å². The highest BCUT2D eigenvalue weighted by atomic mass is 79.9. The molecule has 0 radical (unpaired) electrons. The maximum absolute atomic E-state index is 13.4. The molecule has 0 heterocycles. The first-order chi connectivity index (χ1) is 8.17. The summed E-state index contributed by atoms with van der Waals surface area (Å²) in [6.07, 6.45) is -0.469. The molecule has 0 bridgehead atoms. The zero-order chi connectivity index (χ0) is 12.7.